The lowest BCUT2D eigenvalue weighted by molar-refractivity contribution is 0.0950. The standard InChI is InChI=1S/C14H13IN2O/c1-10-4-3-7-16-13(10)9-17-14(18)11-5-2-6-12(15)8-11/h2-8H,9H2,1H3,(H,17,18). The van der Waals surface area contributed by atoms with Crippen LogP contribution in [0.15, 0.2) is 42.6 Å². The molecule has 0 unspecified atom stereocenters. The molecule has 4 heteroatoms. The van der Waals surface area contributed by atoms with Crippen molar-refractivity contribution in [1.82, 2.24) is 10.3 Å². The molecule has 1 heterocycles. The van der Waals surface area contributed by atoms with E-state index in [-0.39, 0.29) is 5.91 Å². The maximum Gasteiger partial charge on any atom is 0.251 e. The number of carbonyl (C=O) groups is 1. The van der Waals surface area contributed by atoms with Crippen LogP contribution in [0.2, 0.25) is 0 Å². The van der Waals surface area contributed by atoms with Crippen molar-refractivity contribution in [2.75, 3.05) is 0 Å². The van der Waals surface area contributed by atoms with Gasteiger partial charge >= 0.3 is 0 Å². The Bertz CT molecular complexity index is 569. The SMILES string of the molecule is Cc1cccnc1CNC(=O)c1cccc(I)c1. The van der Waals surface area contributed by atoms with E-state index in [2.05, 4.69) is 32.9 Å². The van der Waals surface area contributed by atoms with Crippen LogP contribution < -0.4 is 5.32 Å². The third kappa shape index (κ3) is 3.29. The zero-order chi connectivity index (χ0) is 13.0. The summed E-state index contributed by atoms with van der Waals surface area (Å²) < 4.78 is 1.05. The van der Waals surface area contributed by atoms with Gasteiger partial charge in [0.2, 0.25) is 0 Å². The Morgan fingerprint density at radius 1 is 1.33 bits per heavy atom. The van der Waals surface area contributed by atoms with E-state index in [4.69, 9.17) is 0 Å². The number of aromatic nitrogens is 1. The van der Waals surface area contributed by atoms with Gasteiger partial charge in [0, 0.05) is 15.3 Å². The fourth-order valence-corrected chi connectivity index (χ4v) is 2.14. The van der Waals surface area contributed by atoms with Crippen molar-refractivity contribution in [2.24, 2.45) is 0 Å². The number of hydrogen-bond acceptors (Lipinski definition) is 2. The fraction of sp³-hybridized carbons (Fsp3) is 0.143. The van der Waals surface area contributed by atoms with Crippen LogP contribution in [0.5, 0.6) is 0 Å². The van der Waals surface area contributed by atoms with Crippen molar-refractivity contribution in [3.63, 3.8) is 0 Å². The third-order valence-electron chi connectivity index (χ3n) is 2.62. The number of halogens is 1. The summed E-state index contributed by atoms with van der Waals surface area (Å²) in [5.74, 6) is -0.0708. The second kappa shape index (κ2) is 5.95. The largest absolute Gasteiger partial charge is 0.346 e. The Labute approximate surface area is 120 Å². The fourth-order valence-electron chi connectivity index (χ4n) is 1.60. The highest BCUT2D eigenvalue weighted by molar-refractivity contribution is 14.1. The van der Waals surface area contributed by atoms with Crippen LogP contribution in [0.25, 0.3) is 0 Å². The van der Waals surface area contributed by atoms with Crippen LogP contribution in [-0.2, 0) is 6.54 Å². The van der Waals surface area contributed by atoms with E-state index in [1.807, 2.05) is 43.3 Å². The van der Waals surface area contributed by atoms with E-state index in [0.717, 1.165) is 14.8 Å². The van der Waals surface area contributed by atoms with E-state index < -0.39 is 0 Å². The minimum Gasteiger partial charge on any atom is -0.346 e. The average Bonchev–Trinajstić information content (AvgIpc) is 2.37. The average molecular weight is 352 g/mol. The topological polar surface area (TPSA) is 42.0 Å². The van der Waals surface area contributed by atoms with Gasteiger partial charge in [-0.15, -0.1) is 0 Å². The number of pyridine rings is 1. The van der Waals surface area contributed by atoms with E-state index in [1.54, 1.807) is 6.20 Å². The molecule has 1 aromatic heterocycles. The zero-order valence-electron chi connectivity index (χ0n) is 9.98. The van der Waals surface area contributed by atoms with Crippen molar-refractivity contribution in [1.29, 1.82) is 0 Å². The number of amides is 1. The smallest absolute Gasteiger partial charge is 0.251 e. The van der Waals surface area contributed by atoms with Gasteiger partial charge in [0.15, 0.2) is 0 Å². The van der Waals surface area contributed by atoms with E-state index in [9.17, 15) is 4.79 Å². The Kier molecular flexibility index (Phi) is 4.30. The lowest BCUT2D eigenvalue weighted by atomic mass is 10.2. The Hall–Kier alpha value is -1.43. The molecule has 0 atom stereocenters. The van der Waals surface area contributed by atoms with Crippen LogP contribution in [0, 0.1) is 10.5 Å². The van der Waals surface area contributed by atoms with Gasteiger partial charge in [-0.1, -0.05) is 12.1 Å². The molecule has 18 heavy (non-hydrogen) atoms. The van der Waals surface area contributed by atoms with Gasteiger partial charge in [0.25, 0.3) is 5.91 Å². The predicted molar refractivity (Wildman–Crippen MR) is 79.3 cm³/mol. The molecule has 92 valence electrons. The van der Waals surface area contributed by atoms with Crippen molar-refractivity contribution in [2.45, 2.75) is 13.5 Å². The summed E-state index contributed by atoms with van der Waals surface area (Å²) in [5, 5.41) is 2.88. The first kappa shape index (κ1) is 13.0. The zero-order valence-corrected chi connectivity index (χ0v) is 12.1. The van der Waals surface area contributed by atoms with Crippen molar-refractivity contribution in [3.05, 3.63) is 63.0 Å². The summed E-state index contributed by atoms with van der Waals surface area (Å²) in [5.41, 5.74) is 2.66. The number of rotatable bonds is 3. The van der Waals surface area contributed by atoms with Crippen molar-refractivity contribution < 1.29 is 4.79 Å². The first-order valence-electron chi connectivity index (χ1n) is 5.61. The van der Waals surface area contributed by atoms with Gasteiger partial charge in [0.1, 0.15) is 0 Å². The van der Waals surface area contributed by atoms with Gasteiger partial charge in [-0.25, -0.2) is 0 Å². The highest BCUT2D eigenvalue weighted by Gasteiger charge is 2.06. The van der Waals surface area contributed by atoms with Crippen LogP contribution in [0.3, 0.4) is 0 Å². The summed E-state index contributed by atoms with van der Waals surface area (Å²) in [6.07, 6.45) is 1.74. The molecule has 0 aliphatic carbocycles. The first-order valence-corrected chi connectivity index (χ1v) is 6.69. The van der Waals surface area contributed by atoms with Gasteiger partial charge in [0.05, 0.1) is 12.2 Å². The summed E-state index contributed by atoms with van der Waals surface area (Å²) in [6.45, 7) is 2.44. The molecule has 1 aromatic carbocycles. The maximum absolute atomic E-state index is 11.9. The van der Waals surface area contributed by atoms with Crippen molar-refractivity contribution >= 4 is 28.5 Å². The highest BCUT2D eigenvalue weighted by Crippen LogP contribution is 2.08. The molecule has 0 saturated carbocycles. The molecule has 0 spiro atoms. The highest BCUT2D eigenvalue weighted by atomic mass is 127. The van der Waals surface area contributed by atoms with E-state index in [1.165, 1.54) is 0 Å². The Morgan fingerprint density at radius 2 is 2.17 bits per heavy atom. The minimum atomic E-state index is -0.0708. The minimum absolute atomic E-state index is 0.0708. The summed E-state index contributed by atoms with van der Waals surface area (Å²) in [6, 6.07) is 11.4. The lowest BCUT2D eigenvalue weighted by Crippen LogP contribution is -2.23. The Balaban J connectivity index is 2.03. The van der Waals surface area contributed by atoms with Gasteiger partial charge in [-0.05, 0) is 59.3 Å². The molecule has 1 N–H and O–H groups in total. The van der Waals surface area contributed by atoms with Crippen LogP contribution in [0.4, 0.5) is 0 Å². The molecule has 0 aliphatic heterocycles. The number of nitrogens with zero attached hydrogens (tertiary/aromatic N) is 1. The second-order valence-electron chi connectivity index (χ2n) is 3.96. The van der Waals surface area contributed by atoms with Crippen LogP contribution in [0.1, 0.15) is 21.6 Å². The molecular weight excluding hydrogens is 339 g/mol. The van der Waals surface area contributed by atoms with Crippen LogP contribution in [-0.4, -0.2) is 10.9 Å². The van der Waals surface area contributed by atoms with Gasteiger partial charge in [-0.3, -0.25) is 9.78 Å². The molecule has 0 saturated heterocycles. The van der Waals surface area contributed by atoms with E-state index in [0.29, 0.717) is 12.1 Å². The maximum atomic E-state index is 11.9. The quantitative estimate of drug-likeness (QED) is 0.864. The number of nitrogens with one attached hydrogen (secondary N) is 1. The van der Waals surface area contributed by atoms with E-state index >= 15 is 0 Å². The third-order valence-corrected chi connectivity index (χ3v) is 3.29. The molecule has 2 aromatic rings. The normalized spacial score (nSPS) is 10.1. The number of carbonyl (C=O) groups excluding carboxylic acids is 1. The number of benzene rings is 1. The van der Waals surface area contributed by atoms with Gasteiger partial charge < -0.3 is 5.32 Å². The molecule has 0 aliphatic rings. The van der Waals surface area contributed by atoms with Crippen molar-refractivity contribution in [3.8, 4) is 0 Å². The molecule has 0 radical (unpaired) electrons. The first-order chi connectivity index (χ1) is 8.66. The number of aryl methyl sites for hydroxylation is 1. The molecule has 0 bridgehead atoms. The van der Waals surface area contributed by atoms with Gasteiger partial charge in [-0.2, -0.15) is 0 Å². The number of hydrogen-bond donors (Lipinski definition) is 1. The molecule has 3 nitrogen and oxygen atoms in total. The Morgan fingerprint density at radius 3 is 2.89 bits per heavy atom. The summed E-state index contributed by atoms with van der Waals surface area (Å²) >= 11 is 2.19. The molecule has 1 amide bonds. The molecular formula is C14H13IN2O. The molecule has 0 fully saturated rings. The summed E-state index contributed by atoms with van der Waals surface area (Å²) in [4.78, 5) is 16.2. The monoisotopic (exact) mass is 352 g/mol. The second-order valence-corrected chi connectivity index (χ2v) is 5.21. The molecule has 2 rings (SSSR count). The van der Waals surface area contributed by atoms with Crippen LogP contribution >= 0.6 is 22.6 Å². The predicted octanol–water partition coefficient (Wildman–Crippen LogP) is 2.92. The summed E-state index contributed by atoms with van der Waals surface area (Å²) in [7, 11) is 0. The lowest BCUT2D eigenvalue weighted by Gasteiger charge is -2.07.